The molecule has 0 radical (unpaired) electrons. The molecule has 1 rings (SSSR count). The van der Waals surface area contributed by atoms with Crippen LogP contribution in [-0.4, -0.2) is 27.1 Å². The van der Waals surface area contributed by atoms with Crippen molar-refractivity contribution in [3.05, 3.63) is 29.8 Å². The van der Waals surface area contributed by atoms with E-state index < -0.39 is 5.97 Å². The number of hydrogen-bond acceptors (Lipinski definition) is 4. The zero-order chi connectivity index (χ0) is 12.0. The van der Waals surface area contributed by atoms with E-state index in [9.17, 15) is 14.7 Å². The van der Waals surface area contributed by atoms with Gasteiger partial charge in [0.1, 0.15) is 5.75 Å². The first-order chi connectivity index (χ1) is 7.61. The molecule has 0 aliphatic rings. The SMILES string of the molecule is O=C(O)CCCSC(=O)c1ccccc1O. The van der Waals surface area contributed by atoms with Crippen LogP contribution in [0.1, 0.15) is 23.2 Å². The van der Waals surface area contributed by atoms with Crippen molar-refractivity contribution < 1.29 is 19.8 Å². The summed E-state index contributed by atoms with van der Waals surface area (Å²) in [5.41, 5.74) is 0.267. The van der Waals surface area contributed by atoms with Crippen molar-refractivity contribution >= 4 is 22.8 Å². The molecule has 0 saturated heterocycles. The average molecular weight is 240 g/mol. The van der Waals surface area contributed by atoms with Gasteiger partial charge in [-0.05, 0) is 18.6 Å². The monoisotopic (exact) mass is 240 g/mol. The summed E-state index contributed by atoms with van der Waals surface area (Å²) in [4.78, 5) is 21.8. The smallest absolute Gasteiger partial charge is 0.303 e. The maximum absolute atomic E-state index is 11.6. The molecular formula is C11H12O4S. The van der Waals surface area contributed by atoms with E-state index in [1.54, 1.807) is 18.2 Å². The molecule has 0 heterocycles. The van der Waals surface area contributed by atoms with Gasteiger partial charge >= 0.3 is 5.97 Å². The Morgan fingerprint density at radius 1 is 1.25 bits per heavy atom. The standard InChI is InChI=1S/C11H12O4S/c12-9-5-2-1-4-8(9)11(15)16-7-3-6-10(13)14/h1-2,4-5,12H,3,6-7H2,(H,13,14). The van der Waals surface area contributed by atoms with E-state index in [0.29, 0.717) is 12.2 Å². The molecule has 0 aromatic heterocycles. The lowest BCUT2D eigenvalue weighted by Gasteiger charge is -2.02. The zero-order valence-electron chi connectivity index (χ0n) is 8.55. The van der Waals surface area contributed by atoms with Crippen molar-refractivity contribution in [3.63, 3.8) is 0 Å². The van der Waals surface area contributed by atoms with Crippen LogP contribution in [0.5, 0.6) is 5.75 Å². The molecule has 86 valence electrons. The van der Waals surface area contributed by atoms with Crippen molar-refractivity contribution in [3.8, 4) is 5.75 Å². The van der Waals surface area contributed by atoms with E-state index in [-0.39, 0.29) is 22.8 Å². The van der Waals surface area contributed by atoms with Gasteiger partial charge in [0.2, 0.25) is 5.12 Å². The average Bonchev–Trinajstić information content (AvgIpc) is 2.24. The minimum absolute atomic E-state index is 0.0433. The molecule has 0 amide bonds. The van der Waals surface area contributed by atoms with E-state index in [1.807, 2.05) is 0 Å². The zero-order valence-corrected chi connectivity index (χ0v) is 9.37. The van der Waals surface area contributed by atoms with Crippen LogP contribution >= 0.6 is 11.8 Å². The highest BCUT2D eigenvalue weighted by Gasteiger charge is 2.10. The maximum atomic E-state index is 11.6. The van der Waals surface area contributed by atoms with Gasteiger partial charge in [-0.15, -0.1) is 0 Å². The molecule has 0 aliphatic carbocycles. The molecule has 16 heavy (non-hydrogen) atoms. The second kappa shape index (κ2) is 6.17. The summed E-state index contributed by atoms with van der Waals surface area (Å²) in [5.74, 6) is -0.465. The molecule has 0 bridgehead atoms. The Hall–Kier alpha value is -1.49. The molecule has 0 spiro atoms. The number of carbonyl (C=O) groups excluding carboxylic acids is 1. The van der Waals surface area contributed by atoms with Crippen LogP contribution in [-0.2, 0) is 4.79 Å². The Morgan fingerprint density at radius 3 is 2.56 bits per heavy atom. The molecule has 1 aromatic rings. The fourth-order valence-electron chi connectivity index (χ4n) is 1.11. The van der Waals surface area contributed by atoms with Gasteiger partial charge in [-0.2, -0.15) is 0 Å². The summed E-state index contributed by atoms with van der Waals surface area (Å²) >= 11 is 1.02. The highest BCUT2D eigenvalue weighted by Crippen LogP contribution is 2.22. The Bertz CT molecular complexity index is 389. The molecular weight excluding hydrogens is 228 g/mol. The van der Waals surface area contributed by atoms with Crippen LogP contribution in [0.4, 0.5) is 0 Å². The Labute approximate surface area is 97.3 Å². The molecule has 0 aliphatic heterocycles. The molecule has 0 saturated carbocycles. The van der Waals surface area contributed by atoms with Crippen LogP contribution < -0.4 is 0 Å². The summed E-state index contributed by atoms with van der Waals surface area (Å²) in [5, 5.41) is 17.6. The number of thioether (sulfide) groups is 1. The first-order valence-corrected chi connectivity index (χ1v) is 5.76. The minimum atomic E-state index is -0.865. The van der Waals surface area contributed by atoms with Crippen LogP contribution in [0.2, 0.25) is 0 Å². The predicted molar refractivity (Wildman–Crippen MR) is 61.8 cm³/mol. The lowest BCUT2D eigenvalue weighted by Crippen LogP contribution is -1.98. The third kappa shape index (κ3) is 3.94. The van der Waals surface area contributed by atoms with Crippen molar-refractivity contribution in [1.82, 2.24) is 0 Å². The number of rotatable bonds is 5. The lowest BCUT2D eigenvalue weighted by molar-refractivity contribution is -0.137. The van der Waals surface area contributed by atoms with E-state index in [2.05, 4.69) is 0 Å². The molecule has 0 fully saturated rings. The molecule has 0 unspecified atom stereocenters. The van der Waals surface area contributed by atoms with Gasteiger partial charge in [-0.3, -0.25) is 9.59 Å². The molecule has 4 nitrogen and oxygen atoms in total. The van der Waals surface area contributed by atoms with E-state index in [4.69, 9.17) is 5.11 Å². The van der Waals surface area contributed by atoms with E-state index in [0.717, 1.165) is 11.8 Å². The number of phenolic OH excluding ortho intramolecular Hbond substituents is 1. The largest absolute Gasteiger partial charge is 0.507 e. The van der Waals surface area contributed by atoms with Crippen LogP contribution in [0, 0.1) is 0 Å². The fraction of sp³-hybridized carbons (Fsp3) is 0.273. The number of para-hydroxylation sites is 1. The Kier molecular flexibility index (Phi) is 4.85. The second-order valence-corrected chi connectivity index (χ2v) is 4.22. The van der Waals surface area contributed by atoms with Crippen LogP contribution in [0.25, 0.3) is 0 Å². The summed E-state index contributed by atoms with van der Waals surface area (Å²) in [6.07, 6.45) is 0.500. The number of benzene rings is 1. The van der Waals surface area contributed by atoms with Gasteiger partial charge in [-0.25, -0.2) is 0 Å². The highest BCUT2D eigenvalue weighted by molar-refractivity contribution is 8.14. The fourth-order valence-corrected chi connectivity index (χ4v) is 1.91. The Morgan fingerprint density at radius 2 is 1.94 bits per heavy atom. The number of aliphatic carboxylic acids is 1. The van der Waals surface area contributed by atoms with Crippen molar-refractivity contribution in [2.24, 2.45) is 0 Å². The van der Waals surface area contributed by atoms with Crippen molar-refractivity contribution in [2.75, 3.05) is 5.75 Å². The van der Waals surface area contributed by atoms with Crippen molar-refractivity contribution in [1.29, 1.82) is 0 Å². The summed E-state index contributed by atoms with van der Waals surface area (Å²) in [7, 11) is 0. The minimum Gasteiger partial charge on any atom is -0.507 e. The number of hydrogen-bond donors (Lipinski definition) is 2. The van der Waals surface area contributed by atoms with Crippen molar-refractivity contribution in [2.45, 2.75) is 12.8 Å². The number of aromatic hydroxyl groups is 1. The van der Waals surface area contributed by atoms with E-state index in [1.165, 1.54) is 6.07 Å². The summed E-state index contributed by atoms with van der Waals surface area (Å²) in [6.45, 7) is 0. The molecule has 2 N–H and O–H groups in total. The van der Waals surface area contributed by atoms with E-state index >= 15 is 0 Å². The predicted octanol–water partition coefficient (Wildman–Crippen LogP) is 2.13. The lowest BCUT2D eigenvalue weighted by atomic mass is 10.2. The van der Waals surface area contributed by atoms with Gasteiger partial charge in [0, 0.05) is 12.2 Å². The molecule has 0 atom stereocenters. The number of carboxylic acids is 1. The van der Waals surface area contributed by atoms with Gasteiger partial charge in [0.25, 0.3) is 0 Å². The first-order valence-electron chi connectivity index (χ1n) is 4.78. The van der Waals surface area contributed by atoms with Gasteiger partial charge in [0.15, 0.2) is 0 Å². The van der Waals surface area contributed by atoms with Crippen LogP contribution in [0.3, 0.4) is 0 Å². The maximum Gasteiger partial charge on any atom is 0.303 e. The van der Waals surface area contributed by atoms with Gasteiger partial charge < -0.3 is 10.2 Å². The molecule has 5 heteroatoms. The summed E-state index contributed by atoms with van der Waals surface area (Å²) in [6, 6.07) is 6.30. The third-order valence-electron chi connectivity index (χ3n) is 1.89. The topological polar surface area (TPSA) is 74.6 Å². The Balaban J connectivity index is 2.41. The van der Waals surface area contributed by atoms with Gasteiger partial charge in [0.05, 0.1) is 5.56 Å². The third-order valence-corrected chi connectivity index (χ3v) is 2.87. The molecule has 1 aromatic carbocycles. The van der Waals surface area contributed by atoms with Crippen LogP contribution in [0.15, 0.2) is 24.3 Å². The summed E-state index contributed by atoms with van der Waals surface area (Å²) < 4.78 is 0. The second-order valence-electron chi connectivity index (χ2n) is 3.15. The highest BCUT2D eigenvalue weighted by atomic mass is 32.2. The number of phenols is 1. The number of carboxylic acid groups (broad SMARTS) is 1. The normalized spacial score (nSPS) is 10.0. The first kappa shape index (κ1) is 12.6. The number of carbonyl (C=O) groups is 2. The quantitative estimate of drug-likeness (QED) is 0.771. The van der Waals surface area contributed by atoms with Gasteiger partial charge in [-0.1, -0.05) is 23.9 Å².